The fourth-order valence-corrected chi connectivity index (χ4v) is 6.60. The first-order valence-electron chi connectivity index (χ1n) is 13.6. The molecule has 0 aromatic heterocycles. The Morgan fingerprint density at radius 1 is 1.08 bits per heavy atom. The lowest BCUT2D eigenvalue weighted by atomic mass is 9.75. The molecule has 0 amide bonds. The van der Waals surface area contributed by atoms with Gasteiger partial charge in [0.25, 0.3) is 0 Å². The third kappa shape index (κ3) is 4.88. The zero-order valence-corrected chi connectivity index (χ0v) is 22.7. The molecule has 0 N–H and O–H groups in total. The summed E-state index contributed by atoms with van der Waals surface area (Å²) in [5.74, 6) is 1.33. The maximum absolute atomic E-state index is 12.9. The number of nitrogens with zero attached hydrogens (tertiary/aromatic N) is 3. The number of esters is 1. The molecule has 1 heterocycles. The zero-order valence-electron chi connectivity index (χ0n) is 21.9. The Bertz CT molecular complexity index is 1470. The minimum Gasteiger partial charge on any atom is -0.497 e. The van der Waals surface area contributed by atoms with Crippen LogP contribution in [0.4, 0.5) is 5.69 Å². The van der Waals surface area contributed by atoms with Crippen molar-refractivity contribution in [3.8, 4) is 11.8 Å². The van der Waals surface area contributed by atoms with Crippen LogP contribution in [0.3, 0.4) is 0 Å². The lowest BCUT2D eigenvalue weighted by molar-refractivity contribution is 0.0472. The highest BCUT2D eigenvalue weighted by atomic mass is 35.5. The van der Waals surface area contributed by atoms with Crippen LogP contribution in [-0.4, -0.2) is 24.8 Å². The molecule has 0 saturated heterocycles. The summed E-state index contributed by atoms with van der Waals surface area (Å²) >= 11 is 6.43. The summed E-state index contributed by atoms with van der Waals surface area (Å²) in [6.45, 7) is 0.208. The zero-order chi connectivity index (χ0) is 26.9. The van der Waals surface area contributed by atoms with E-state index in [1.807, 2.05) is 54.6 Å². The number of fused-ring (bicyclic) bond motifs is 3. The van der Waals surface area contributed by atoms with Crippen molar-refractivity contribution < 1.29 is 14.3 Å². The van der Waals surface area contributed by atoms with E-state index in [2.05, 4.69) is 11.1 Å². The van der Waals surface area contributed by atoms with Crippen LogP contribution in [0.1, 0.15) is 64.7 Å². The molecule has 39 heavy (non-hydrogen) atoms. The van der Waals surface area contributed by atoms with Crippen LogP contribution >= 0.6 is 11.6 Å². The number of aryl methyl sites for hydroxylation is 1. The molecule has 3 aromatic rings. The number of rotatable bonds is 6. The predicted octanol–water partition coefficient (Wildman–Crippen LogP) is 6.92. The van der Waals surface area contributed by atoms with Crippen molar-refractivity contribution in [3.63, 3.8) is 0 Å². The van der Waals surface area contributed by atoms with Crippen LogP contribution in [0.2, 0.25) is 5.02 Å². The molecule has 2 unspecified atom stereocenters. The molecule has 2 aliphatic carbocycles. The standard InChI is InChI=1S/C32H30ClN3O3/c1-38-26-12-6-20(7-13-26)19-39-32(37)23-10-14-27-22(16-23)9-15-28-30(27)35-36(31(28)21-4-2-3-5-21)25-11-8-24(18-34)29(33)17-25/h6-8,10-14,16-17,21,28,31H,2-5,9,15,19H2,1H3. The summed E-state index contributed by atoms with van der Waals surface area (Å²) in [5, 5.41) is 17.1. The molecular formula is C32H30ClN3O3. The summed E-state index contributed by atoms with van der Waals surface area (Å²) in [6, 6.07) is 21.4. The molecule has 0 bridgehead atoms. The number of benzene rings is 3. The fraction of sp³-hybridized carbons (Fsp3) is 0.344. The summed E-state index contributed by atoms with van der Waals surface area (Å²) in [4.78, 5) is 12.9. The second kappa shape index (κ2) is 10.7. The van der Waals surface area contributed by atoms with Crippen molar-refractivity contribution in [2.24, 2.45) is 16.9 Å². The number of carbonyl (C=O) groups is 1. The molecule has 0 radical (unpaired) electrons. The number of hydrazone groups is 1. The van der Waals surface area contributed by atoms with Gasteiger partial charge in [-0.2, -0.15) is 10.4 Å². The van der Waals surface area contributed by atoms with Gasteiger partial charge in [0.2, 0.25) is 0 Å². The lowest BCUT2D eigenvalue weighted by Gasteiger charge is -2.34. The average Bonchev–Trinajstić information content (AvgIpc) is 3.64. The number of halogens is 1. The van der Waals surface area contributed by atoms with Gasteiger partial charge in [-0.05, 0) is 85.2 Å². The number of hydrogen-bond acceptors (Lipinski definition) is 6. The molecule has 1 fully saturated rings. The van der Waals surface area contributed by atoms with E-state index in [9.17, 15) is 10.1 Å². The summed E-state index contributed by atoms with van der Waals surface area (Å²) < 4.78 is 10.8. The molecular weight excluding hydrogens is 510 g/mol. The van der Waals surface area contributed by atoms with Gasteiger partial charge in [0.05, 0.1) is 40.7 Å². The minimum absolute atomic E-state index is 0.208. The van der Waals surface area contributed by atoms with Crippen LogP contribution in [0.5, 0.6) is 5.75 Å². The Kier molecular flexibility index (Phi) is 7.01. The molecule has 198 valence electrons. The van der Waals surface area contributed by atoms with E-state index < -0.39 is 0 Å². The Labute approximate surface area is 233 Å². The van der Waals surface area contributed by atoms with E-state index in [0.29, 0.717) is 28.0 Å². The summed E-state index contributed by atoms with van der Waals surface area (Å²) in [7, 11) is 1.62. The number of nitriles is 1. The first-order valence-corrected chi connectivity index (χ1v) is 13.9. The van der Waals surface area contributed by atoms with Gasteiger partial charge in [-0.25, -0.2) is 4.79 Å². The summed E-state index contributed by atoms with van der Waals surface area (Å²) in [6.07, 6.45) is 6.79. The number of methoxy groups -OCH3 is 1. The predicted molar refractivity (Wildman–Crippen MR) is 151 cm³/mol. The lowest BCUT2D eigenvalue weighted by Crippen LogP contribution is -2.40. The largest absolute Gasteiger partial charge is 0.497 e. The van der Waals surface area contributed by atoms with Crippen LogP contribution in [-0.2, 0) is 17.8 Å². The van der Waals surface area contributed by atoms with E-state index in [1.165, 1.54) is 25.7 Å². The van der Waals surface area contributed by atoms with Crippen molar-refractivity contribution in [2.45, 2.75) is 51.2 Å². The van der Waals surface area contributed by atoms with Gasteiger partial charge in [0.15, 0.2) is 0 Å². The van der Waals surface area contributed by atoms with E-state index in [0.717, 1.165) is 46.7 Å². The van der Waals surface area contributed by atoms with Crippen molar-refractivity contribution in [1.82, 2.24) is 0 Å². The fourth-order valence-electron chi connectivity index (χ4n) is 6.39. The van der Waals surface area contributed by atoms with Crippen LogP contribution in [0.25, 0.3) is 0 Å². The highest BCUT2D eigenvalue weighted by Crippen LogP contribution is 2.45. The van der Waals surface area contributed by atoms with Gasteiger partial charge in [0, 0.05) is 11.5 Å². The first-order chi connectivity index (χ1) is 19.1. The molecule has 7 heteroatoms. The molecule has 3 aromatic carbocycles. The molecule has 2 atom stereocenters. The van der Waals surface area contributed by atoms with E-state index >= 15 is 0 Å². The third-order valence-corrected chi connectivity index (χ3v) is 8.67. The maximum Gasteiger partial charge on any atom is 0.338 e. The molecule has 1 saturated carbocycles. The number of anilines is 1. The Hall–Kier alpha value is -3.82. The number of ether oxygens (including phenoxy) is 2. The Morgan fingerprint density at radius 3 is 2.59 bits per heavy atom. The highest BCUT2D eigenvalue weighted by molar-refractivity contribution is 6.32. The van der Waals surface area contributed by atoms with Crippen molar-refractivity contribution >= 4 is 29.0 Å². The second-order valence-electron chi connectivity index (χ2n) is 10.6. The maximum atomic E-state index is 12.9. The van der Waals surface area contributed by atoms with E-state index in [-0.39, 0.29) is 18.6 Å². The molecule has 3 aliphatic rings. The monoisotopic (exact) mass is 539 g/mol. The van der Waals surface area contributed by atoms with E-state index in [1.54, 1.807) is 13.2 Å². The highest BCUT2D eigenvalue weighted by Gasteiger charge is 2.45. The van der Waals surface area contributed by atoms with Crippen LogP contribution in [0, 0.1) is 23.2 Å². The first kappa shape index (κ1) is 25.5. The molecule has 0 spiro atoms. The minimum atomic E-state index is -0.332. The van der Waals surface area contributed by atoms with Crippen molar-refractivity contribution in [2.75, 3.05) is 12.1 Å². The number of carbonyl (C=O) groups excluding carboxylic acids is 1. The Morgan fingerprint density at radius 2 is 1.87 bits per heavy atom. The average molecular weight is 540 g/mol. The van der Waals surface area contributed by atoms with Gasteiger partial charge < -0.3 is 9.47 Å². The van der Waals surface area contributed by atoms with Crippen molar-refractivity contribution in [1.29, 1.82) is 5.26 Å². The molecule has 6 rings (SSSR count). The third-order valence-electron chi connectivity index (χ3n) is 8.35. The molecule has 6 nitrogen and oxygen atoms in total. The topological polar surface area (TPSA) is 74.9 Å². The van der Waals surface area contributed by atoms with Gasteiger partial charge in [-0.3, -0.25) is 5.01 Å². The van der Waals surface area contributed by atoms with Gasteiger partial charge in [-0.1, -0.05) is 42.6 Å². The second-order valence-corrected chi connectivity index (χ2v) is 11.0. The van der Waals surface area contributed by atoms with Gasteiger partial charge >= 0.3 is 5.97 Å². The smallest absolute Gasteiger partial charge is 0.338 e. The normalized spacial score (nSPS) is 20.1. The quantitative estimate of drug-likeness (QED) is 0.318. The van der Waals surface area contributed by atoms with E-state index in [4.69, 9.17) is 26.2 Å². The Balaban J connectivity index is 1.26. The SMILES string of the molecule is COc1ccc(COC(=O)c2ccc3c(c2)CCC2C3=NN(c3ccc(C#N)c(Cl)c3)C2C2CCCC2)cc1. The van der Waals surface area contributed by atoms with Crippen molar-refractivity contribution in [3.05, 3.63) is 93.5 Å². The number of hydrogen-bond donors (Lipinski definition) is 0. The van der Waals surface area contributed by atoms with Gasteiger partial charge in [0.1, 0.15) is 18.4 Å². The van der Waals surface area contributed by atoms with Crippen LogP contribution < -0.4 is 9.75 Å². The molecule has 1 aliphatic heterocycles. The summed E-state index contributed by atoms with van der Waals surface area (Å²) in [5.41, 5.74) is 6.20. The van der Waals surface area contributed by atoms with Gasteiger partial charge in [-0.15, -0.1) is 0 Å². The van der Waals surface area contributed by atoms with Crippen LogP contribution in [0.15, 0.2) is 65.8 Å².